The van der Waals surface area contributed by atoms with E-state index >= 15 is 0 Å². The van der Waals surface area contributed by atoms with Crippen molar-refractivity contribution in [1.82, 2.24) is 15.5 Å². The summed E-state index contributed by atoms with van der Waals surface area (Å²) < 4.78 is 4.89. The van der Waals surface area contributed by atoms with E-state index in [2.05, 4.69) is 10.6 Å². The van der Waals surface area contributed by atoms with Gasteiger partial charge in [-0.05, 0) is 37.5 Å². The fourth-order valence-electron chi connectivity index (χ4n) is 2.92. The van der Waals surface area contributed by atoms with Crippen LogP contribution < -0.4 is 10.6 Å². The summed E-state index contributed by atoms with van der Waals surface area (Å²) in [7, 11) is 1.40. The molecule has 0 radical (unpaired) electrons. The topological polar surface area (TPSA) is 105 Å². The Kier molecular flexibility index (Phi) is 6.55. The molecule has 0 fully saturated rings. The highest BCUT2D eigenvalue weighted by atomic mass is 16.5. The maximum atomic E-state index is 12.5. The van der Waals surface area contributed by atoms with E-state index < -0.39 is 12.0 Å². The fourth-order valence-corrected chi connectivity index (χ4v) is 2.92. The maximum Gasteiger partial charge on any atom is 0.407 e. The number of carbonyl (C=O) groups excluding carboxylic acids is 4. The van der Waals surface area contributed by atoms with E-state index in [0.717, 1.165) is 4.90 Å². The predicted molar refractivity (Wildman–Crippen MR) is 98.6 cm³/mol. The monoisotopic (exact) mass is 375 g/mol. The van der Waals surface area contributed by atoms with Gasteiger partial charge in [0.05, 0.1) is 17.7 Å². The van der Waals surface area contributed by atoms with Gasteiger partial charge in [0.25, 0.3) is 17.7 Å². The van der Waals surface area contributed by atoms with E-state index in [4.69, 9.17) is 4.74 Å². The van der Waals surface area contributed by atoms with Gasteiger partial charge in [-0.25, -0.2) is 4.79 Å². The Labute approximate surface area is 158 Å². The van der Waals surface area contributed by atoms with Crippen molar-refractivity contribution in [2.75, 3.05) is 20.2 Å². The van der Waals surface area contributed by atoms with E-state index in [0.29, 0.717) is 17.9 Å². The molecule has 0 aromatic heterocycles. The Morgan fingerprint density at radius 2 is 1.81 bits per heavy atom. The van der Waals surface area contributed by atoms with Crippen LogP contribution in [0.5, 0.6) is 0 Å². The van der Waals surface area contributed by atoms with Crippen molar-refractivity contribution in [2.24, 2.45) is 5.92 Å². The number of amides is 4. The summed E-state index contributed by atoms with van der Waals surface area (Å²) in [5, 5.41) is 5.50. The summed E-state index contributed by atoms with van der Waals surface area (Å²) in [6.45, 7) is 6.24. The average molecular weight is 375 g/mol. The highest BCUT2D eigenvalue weighted by Gasteiger charge is 2.33. The van der Waals surface area contributed by atoms with Crippen molar-refractivity contribution in [3.8, 4) is 0 Å². The molecule has 2 rings (SSSR count). The lowest BCUT2D eigenvalue weighted by molar-refractivity contribution is 0.0692. The lowest BCUT2D eigenvalue weighted by Gasteiger charge is -2.20. The molecule has 0 spiro atoms. The van der Waals surface area contributed by atoms with Gasteiger partial charge in [0.15, 0.2) is 0 Å². The second-order valence-electron chi connectivity index (χ2n) is 6.83. The van der Waals surface area contributed by atoms with Gasteiger partial charge in [-0.15, -0.1) is 0 Å². The molecule has 1 atom stereocenters. The zero-order valence-corrected chi connectivity index (χ0v) is 16.0. The highest BCUT2D eigenvalue weighted by molar-refractivity contribution is 6.21. The summed E-state index contributed by atoms with van der Waals surface area (Å²) in [5.41, 5.74) is 0.795. The third-order valence-corrected chi connectivity index (χ3v) is 4.21. The van der Waals surface area contributed by atoms with Crippen molar-refractivity contribution >= 4 is 23.8 Å². The molecule has 0 bridgehead atoms. The van der Waals surface area contributed by atoms with Gasteiger partial charge in [-0.3, -0.25) is 19.3 Å². The Hall–Kier alpha value is -2.90. The van der Waals surface area contributed by atoms with Gasteiger partial charge in [0.2, 0.25) is 0 Å². The summed E-state index contributed by atoms with van der Waals surface area (Å²) in [6.07, 6.45) is 0.142. The number of benzene rings is 1. The zero-order chi connectivity index (χ0) is 20.1. The van der Waals surface area contributed by atoms with Crippen LogP contribution in [0.3, 0.4) is 0 Å². The van der Waals surface area contributed by atoms with Crippen LogP contribution in [0.4, 0.5) is 4.79 Å². The van der Waals surface area contributed by atoms with E-state index in [9.17, 15) is 19.2 Å². The second-order valence-corrected chi connectivity index (χ2v) is 6.83. The Morgan fingerprint density at radius 3 is 2.44 bits per heavy atom. The number of alkyl carbamates (subject to hydrolysis) is 1. The molecule has 8 heteroatoms. The van der Waals surface area contributed by atoms with Crippen LogP contribution >= 0.6 is 0 Å². The number of carbonyl (C=O) groups is 4. The molecule has 4 amide bonds. The summed E-state index contributed by atoms with van der Waals surface area (Å²) in [5.74, 6) is -0.871. The van der Waals surface area contributed by atoms with Crippen LogP contribution in [0.15, 0.2) is 18.2 Å². The molecule has 0 aliphatic carbocycles. The van der Waals surface area contributed by atoms with Crippen molar-refractivity contribution in [3.05, 3.63) is 34.9 Å². The largest absolute Gasteiger partial charge is 0.450 e. The molecule has 1 aliphatic rings. The average Bonchev–Trinajstić information content (AvgIpc) is 2.83. The lowest BCUT2D eigenvalue weighted by Crippen LogP contribution is -2.44. The molecule has 1 aromatic carbocycles. The number of nitrogens with one attached hydrogen (secondary N) is 2. The number of hydrogen-bond donors (Lipinski definition) is 2. The molecule has 1 aliphatic heterocycles. The van der Waals surface area contributed by atoms with E-state index in [-0.39, 0.29) is 42.1 Å². The molecule has 146 valence electrons. The number of nitrogens with zero attached hydrogens (tertiary/aromatic N) is 1. The maximum absolute atomic E-state index is 12.5. The molecule has 0 saturated heterocycles. The normalized spacial score (nSPS) is 14.2. The third kappa shape index (κ3) is 4.84. The van der Waals surface area contributed by atoms with Gasteiger partial charge >= 0.3 is 6.09 Å². The van der Waals surface area contributed by atoms with Crippen molar-refractivity contribution in [1.29, 1.82) is 0 Å². The smallest absolute Gasteiger partial charge is 0.407 e. The Balaban J connectivity index is 2.04. The predicted octanol–water partition coefficient (Wildman–Crippen LogP) is 1.80. The molecular weight excluding hydrogens is 350 g/mol. The number of imide groups is 1. The molecule has 27 heavy (non-hydrogen) atoms. The van der Waals surface area contributed by atoms with Crippen molar-refractivity contribution in [2.45, 2.75) is 33.2 Å². The van der Waals surface area contributed by atoms with Crippen LogP contribution in [-0.4, -0.2) is 55.0 Å². The first-order chi connectivity index (χ1) is 12.7. The van der Waals surface area contributed by atoms with Crippen molar-refractivity contribution in [3.63, 3.8) is 0 Å². The standard InChI is InChI=1S/C19H25N3O5/c1-5-27-19(26)21-13(8-11(2)3)10-20-16(23)12-6-7-14-15(9-12)18(25)22(4)17(14)24/h6-7,9,11,13H,5,8,10H2,1-4H3,(H,20,23)(H,21,26). The summed E-state index contributed by atoms with van der Waals surface area (Å²) >= 11 is 0. The molecule has 8 nitrogen and oxygen atoms in total. The van der Waals surface area contributed by atoms with E-state index in [1.54, 1.807) is 6.92 Å². The molecule has 1 aromatic rings. The highest BCUT2D eigenvalue weighted by Crippen LogP contribution is 2.22. The summed E-state index contributed by atoms with van der Waals surface area (Å²) in [6, 6.07) is 4.13. The van der Waals surface area contributed by atoms with Crippen LogP contribution in [-0.2, 0) is 4.74 Å². The minimum absolute atomic E-state index is 0.221. The molecular formula is C19H25N3O5. The molecule has 2 N–H and O–H groups in total. The first kappa shape index (κ1) is 20.4. The Morgan fingerprint density at radius 1 is 1.15 bits per heavy atom. The van der Waals surface area contributed by atoms with Gasteiger partial charge in [0, 0.05) is 25.2 Å². The van der Waals surface area contributed by atoms with Crippen molar-refractivity contribution < 1.29 is 23.9 Å². The quantitative estimate of drug-likeness (QED) is 0.707. The van der Waals surface area contributed by atoms with Gasteiger partial charge in [-0.1, -0.05) is 13.8 Å². The lowest BCUT2D eigenvalue weighted by atomic mass is 10.0. The summed E-state index contributed by atoms with van der Waals surface area (Å²) in [4.78, 5) is 49.1. The van der Waals surface area contributed by atoms with Crippen LogP contribution in [0, 0.1) is 5.92 Å². The van der Waals surface area contributed by atoms with Gasteiger partial charge in [-0.2, -0.15) is 0 Å². The minimum atomic E-state index is -0.526. The first-order valence-electron chi connectivity index (χ1n) is 8.92. The zero-order valence-electron chi connectivity index (χ0n) is 16.0. The number of fused-ring (bicyclic) bond motifs is 1. The van der Waals surface area contributed by atoms with Gasteiger partial charge in [0.1, 0.15) is 0 Å². The minimum Gasteiger partial charge on any atom is -0.450 e. The Bertz CT molecular complexity index is 760. The van der Waals surface area contributed by atoms with E-state index in [1.165, 1.54) is 25.2 Å². The van der Waals surface area contributed by atoms with Gasteiger partial charge < -0.3 is 15.4 Å². The molecule has 1 heterocycles. The molecule has 1 unspecified atom stereocenters. The second kappa shape index (κ2) is 8.66. The number of ether oxygens (including phenoxy) is 1. The number of rotatable bonds is 7. The van der Waals surface area contributed by atoms with Crippen LogP contribution in [0.25, 0.3) is 0 Å². The molecule has 0 saturated carbocycles. The van der Waals surface area contributed by atoms with Crippen LogP contribution in [0.2, 0.25) is 0 Å². The third-order valence-electron chi connectivity index (χ3n) is 4.21. The van der Waals surface area contributed by atoms with Crippen LogP contribution in [0.1, 0.15) is 58.3 Å². The first-order valence-corrected chi connectivity index (χ1v) is 8.92. The number of hydrogen-bond acceptors (Lipinski definition) is 5. The van der Waals surface area contributed by atoms with E-state index in [1.807, 2.05) is 13.8 Å². The fraction of sp³-hybridized carbons (Fsp3) is 0.474. The SMILES string of the molecule is CCOC(=O)NC(CNC(=O)c1ccc2c(c1)C(=O)N(C)C2=O)CC(C)C.